The largest absolute Gasteiger partial charge is 0.508 e. The van der Waals surface area contributed by atoms with E-state index in [9.17, 15) is 15.0 Å². The number of benzene rings is 2. The maximum absolute atomic E-state index is 11.2. The number of phenols is 2. The molecule has 0 aliphatic heterocycles. The van der Waals surface area contributed by atoms with Crippen LogP contribution in [0, 0.1) is 5.92 Å². The predicted molar refractivity (Wildman–Crippen MR) is 92.7 cm³/mol. The minimum Gasteiger partial charge on any atom is -0.508 e. The van der Waals surface area contributed by atoms with E-state index in [1.165, 1.54) is 36.0 Å². The molecule has 4 rings (SSSR count). The Morgan fingerprint density at radius 1 is 0.958 bits per heavy atom. The van der Waals surface area contributed by atoms with Crippen LogP contribution >= 0.6 is 0 Å². The van der Waals surface area contributed by atoms with Crippen molar-refractivity contribution in [1.82, 2.24) is 0 Å². The normalized spacial score (nSPS) is 25.6. The number of aromatic hydroxyl groups is 2. The average Bonchev–Trinajstić information content (AvgIpc) is 2.61. The van der Waals surface area contributed by atoms with E-state index in [0.29, 0.717) is 29.1 Å². The lowest BCUT2D eigenvalue weighted by molar-refractivity contribution is 0.112. The van der Waals surface area contributed by atoms with E-state index in [0.717, 1.165) is 19.1 Å². The fourth-order valence-corrected chi connectivity index (χ4v) is 4.79. The van der Waals surface area contributed by atoms with Crippen LogP contribution in [-0.2, 0) is 6.42 Å². The molecule has 2 aliphatic carbocycles. The molecule has 2 aliphatic rings. The van der Waals surface area contributed by atoms with Gasteiger partial charge >= 0.3 is 0 Å². The fraction of sp³-hybridized carbons (Fsp3) is 0.381. The Morgan fingerprint density at radius 2 is 1.71 bits per heavy atom. The number of rotatable bonds is 2. The monoisotopic (exact) mass is 322 g/mol. The molecule has 0 saturated heterocycles. The quantitative estimate of drug-likeness (QED) is 0.799. The highest BCUT2D eigenvalue weighted by Gasteiger charge is 2.39. The number of hydrogen-bond acceptors (Lipinski definition) is 3. The fourth-order valence-electron chi connectivity index (χ4n) is 4.79. The predicted octanol–water partition coefficient (Wildman–Crippen LogP) is 4.52. The Balaban J connectivity index is 1.80. The zero-order chi connectivity index (χ0) is 16.7. The van der Waals surface area contributed by atoms with E-state index in [-0.39, 0.29) is 5.75 Å². The van der Waals surface area contributed by atoms with Crippen LogP contribution in [0.5, 0.6) is 11.5 Å². The zero-order valence-corrected chi connectivity index (χ0v) is 13.6. The molecule has 0 bridgehead atoms. The van der Waals surface area contributed by atoms with E-state index in [2.05, 4.69) is 0 Å². The standard InChI is InChI=1S/C21H22O3/c22-12-15-9-14-10-19(13-5-7-16(23)8-6-13)17-3-1-2-4-18(17)20(14)11-21(15)24/h5-9,11-12,17-19,23-24H,1-4,10H2/t17-,18+,19-/m0/s1. The van der Waals surface area contributed by atoms with Gasteiger partial charge in [-0.15, -0.1) is 0 Å². The molecule has 3 heteroatoms. The summed E-state index contributed by atoms with van der Waals surface area (Å²) < 4.78 is 0. The first-order valence-corrected chi connectivity index (χ1v) is 8.77. The van der Waals surface area contributed by atoms with Gasteiger partial charge in [0.05, 0.1) is 5.56 Å². The van der Waals surface area contributed by atoms with Gasteiger partial charge in [-0.3, -0.25) is 4.79 Å². The third kappa shape index (κ3) is 2.48. The van der Waals surface area contributed by atoms with Gasteiger partial charge in [-0.05, 0) is 78.0 Å². The van der Waals surface area contributed by atoms with Crippen molar-refractivity contribution < 1.29 is 15.0 Å². The molecule has 124 valence electrons. The lowest BCUT2D eigenvalue weighted by Crippen LogP contribution is -2.31. The van der Waals surface area contributed by atoms with Crippen molar-refractivity contribution in [2.75, 3.05) is 0 Å². The van der Waals surface area contributed by atoms with Gasteiger partial charge in [-0.2, -0.15) is 0 Å². The van der Waals surface area contributed by atoms with Gasteiger partial charge < -0.3 is 10.2 Å². The van der Waals surface area contributed by atoms with Crippen LogP contribution in [0.3, 0.4) is 0 Å². The summed E-state index contributed by atoms with van der Waals surface area (Å²) in [5.41, 5.74) is 4.07. The Labute approximate surface area is 142 Å². The number of carbonyl (C=O) groups is 1. The topological polar surface area (TPSA) is 57.5 Å². The zero-order valence-electron chi connectivity index (χ0n) is 13.6. The summed E-state index contributed by atoms with van der Waals surface area (Å²) in [6.45, 7) is 0. The molecule has 0 heterocycles. The van der Waals surface area contributed by atoms with Crippen LogP contribution in [0.2, 0.25) is 0 Å². The SMILES string of the molecule is O=Cc1cc2c(cc1O)[C@@H]1CCCC[C@@H]1[C@H](c1ccc(O)cc1)C2. The number of fused-ring (bicyclic) bond motifs is 3. The van der Waals surface area contributed by atoms with Crippen LogP contribution in [0.15, 0.2) is 36.4 Å². The smallest absolute Gasteiger partial charge is 0.153 e. The molecule has 2 aromatic carbocycles. The summed E-state index contributed by atoms with van der Waals surface area (Å²) in [5, 5.41) is 19.7. The summed E-state index contributed by atoms with van der Waals surface area (Å²) >= 11 is 0. The molecule has 2 aromatic rings. The van der Waals surface area contributed by atoms with Crippen LogP contribution < -0.4 is 0 Å². The molecule has 1 fully saturated rings. The Kier molecular flexibility index (Phi) is 3.79. The van der Waals surface area contributed by atoms with Crippen LogP contribution in [-0.4, -0.2) is 16.5 Å². The van der Waals surface area contributed by atoms with E-state index < -0.39 is 0 Å². The van der Waals surface area contributed by atoms with Gasteiger partial charge in [0, 0.05) is 0 Å². The summed E-state index contributed by atoms with van der Waals surface area (Å²) in [7, 11) is 0. The van der Waals surface area contributed by atoms with Crippen LogP contribution in [0.4, 0.5) is 0 Å². The van der Waals surface area contributed by atoms with Crippen molar-refractivity contribution in [3.05, 3.63) is 58.7 Å². The van der Waals surface area contributed by atoms with Crippen molar-refractivity contribution in [2.24, 2.45) is 5.92 Å². The molecule has 0 radical (unpaired) electrons. The summed E-state index contributed by atoms with van der Waals surface area (Å²) in [5.74, 6) is 1.83. The molecular weight excluding hydrogens is 300 g/mol. The Morgan fingerprint density at radius 3 is 2.46 bits per heavy atom. The average molecular weight is 322 g/mol. The molecule has 1 saturated carbocycles. The van der Waals surface area contributed by atoms with Gasteiger partial charge in [0.15, 0.2) is 6.29 Å². The van der Waals surface area contributed by atoms with Crippen molar-refractivity contribution in [3.8, 4) is 11.5 Å². The van der Waals surface area contributed by atoms with Crippen molar-refractivity contribution >= 4 is 6.29 Å². The molecule has 3 nitrogen and oxygen atoms in total. The third-order valence-corrected chi connectivity index (χ3v) is 5.91. The van der Waals surface area contributed by atoms with Gasteiger partial charge in [-0.25, -0.2) is 0 Å². The third-order valence-electron chi connectivity index (χ3n) is 5.91. The minimum atomic E-state index is 0.108. The molecule has 0 amide bonds. The van der Waals surface area contributed by atoms with Gasteiger partial charge in [0.1, 0.15) is 11.5 Å². The molecule has 2 N–H and O–H groups in total. The highest BCUT2D eigenvalue weighted by atomic mass is 16.3. The van der Waals surface area contributed by atoms with Crippen molar-refractivity contribution in [2.45, 2.75) is 43.9 Å². The molecule has 0 aromatic heterocycles. The van der Waals surface area contributed by atoms with Crippen LogP contribution in [0.25, 0.3) is 0 Å². The maximum Gasteiger partial charge on any atom is 0.153 e. The second-order valence-corrected chi connectivity index (χ2v) is 7.18. The lowest BCUT2D eigenvalue weighted by atomic mass is 9.61. The molecule has 3 atom stereocenters. The second kappa shape index (κ2) is 5.97. The number of phenolic OH excluding ortho intramolecular Hbond substituents is 2. The number of hydrogen-bond donors (Lipinski definition) is 2. The summed E-state index contributed by atoms with van der Waals surface area (Å²) in [6, 6.07) is 11.3. The van der Waals surface area contributed by atoms with Gasteiger partial charge in [0.25, 0.3) is 0 Å². The van der Waals surface area contributed by atoms with Gasteiger partial charge in [0.2, 0.25) is 0 Å². The molecule has 0 spiro atoms. The van der Waals surface area contributed by atoms with E-state index in [1.54, 1.807) is 12.1 Å². The molecular formula is C21H22O3. The maximum atomic E-state index is 11.2. The van der Waals surface area contributed by atoms with Crippen molar-refractivity contribution in [3.63, 3.8) is 0 Å². The minimum absolute atomic E-state index is 0.108. The Hall–Kier alpha value is -2.29. The number of carbonyl (C=O) groups excluding carboxylic acids is 1. The lowest BCUT2D eigenvalue weighted by Gasteiger charge is -2.43. The first-order chi connectivity index (χ1) is 11.7. The first kappa shape index (κ1) is 15.3. The van der Waals surface area contributed by atoms with E-state index in [1.807, 2.05) is 24.3 Å². The summed E-state index contributed by atoms with van der Waals surface area (Å²) in [6.07, 6.45) is 6.45. The van der Waals surface area contributed by atoms with Crippen LogP contribution in [0.1, 0.15) is 64.6 Å². The summed E-state index contributed by atoms with van der Waals surface area (Å²) in [4.78, 5) is 11.2. The number of aldehydes is 1. The molecule has 24 heavy (non-hydrogen) atoms. The second-order valence-electron chi connectivity index (χ2n) is 7.18. The highest BCUT2D eigenvalue weighted by Crippen LogP contribution is 2.52. The Bertz CT molecular complexity index is 763. The molecule has 0 unspecified atom stereocenters. The van der Waals surface area contributed by atoms with Gasteiger partial charge in [-0.1, -0.05) is 25.0 Å². The van der Waals surface area contributed by atoms with E-state index in [4.69, 9.17) is 0 Å². The highest BCUT2D eigenvalue weighted by molar-refractivity contribution is 5.80. The first-order valence-electron chi connectivity index (χ1n) is 8.77. The van der Waals surface area contributed by atoms with E-state index >= 15 is 0 Å². The van der Waals surface area contributed by atoms with Crippen molar-refractivity contribution in [1.29, 1.82) is 0 Å².